The van der Waals surface area contributed by atoms with E-state index in [4.69, 9.17) is 4.85 Å². The summed E-state index contributed by atoms with van der Waals surface area (Å²) in [7, 11) is 0. The van der Waals surface area contributed by atoms with Crippen LogP contribution in [0.25, 0.3) is 143 Å². The molecule has 5 aromatic heterocycles. The quantitative estimate of drug-likeness (QED) is 0.162. The zero-order valence-corrected chi connectivity index (χ0v) is 38.9. The monoisotopic (exact) mass is 928 g/mol. The highest BCUT2D eigenvalue weighted by Crippen LogP contribution is 2.55. The lowest BCUT2D eigenvalue weighted by molar-refractivity contribution is 1.15. The fourth-order valence-corrected chi connectivity index (χ4v) is 14.9. The van der Waals surface area contributed by atoms with Gasteiger partial charge in [0.2, 0.25) is 5.69 Å². The van der Waals surface area contributed by atoms with Crippen LogP contribution < -0.4 is 0 Å². The van der Waals surface area contributed by atoms with Crippen molar-refractivity contribution in [2.24, 2.45) is 0 Å². The molecule has 69 heavy (non-hydrogen) atoms. The van der Waals surface area contributed by atoms with E-state index in [9.17, 15) is 11.8 Å². The Morgan fingerprint density at radius 3 is 1.46 bits per heavy atom. The molecule has 0 bridgehead atoms. The van der Waals surface area contributed by atoms with Crippen molar-refractivity contribution in [2.45, 2.75) is 0 Å². The molecule has 5 heterocycles. The summed E-state index contributed by atoms with van der Waals surface area (Å²) in [6.45, 7) is 9.57. The SMILES string of the molecule is [C-]#[N+]c1c(-c2ccccc2)c(-n2c3ccccc3c3cc4sc5ccccc5c4cc32)c(-c2ccccc2)c(C#N)c1-n1c2c(ccc3c4ccccc4sc32)c2ccc3c4ccccc4sc3c21. The second kappa shape index (κ2) is 14.5. The zero-order valence-electron chi connectivity index (χ0n) is 36.5. The van der Waals surface area contributed by atoms with Crippen molar-refractivity contribution in [2.75, 3.05) is 0 Å². The summed E-state index contributed by atoms with van der Waals surface area (Å²) in [5, 5.41) is 23.7. The molecule has 318 valence electrons. The van der Waals surface area contributed by atoms with Gasteiger partial charge < -0.3 is 9.13 Å². The molecule has 15 rings (SSSR count). The molecule has 4 nitrogen and oxygen atoms in total. The largest absolute Gasteiger partial charge is 0.315 e. The van der Waals surface area contributed by atoms with Crippen LogP contribution in [0.15, 0.2) is 194 Å². The van der Waals surface area contributed by atoms with Gasteiger partial charge in [0.15, 0.2) is 0 Å². The molecule has 7 heteroatoms. The molecule has 0 aliphatic rings. The van der Waals surface area contributed by atoms with Gasteiger partial charge >= 0.3 is 0 Å². The predicted molar refractivity (Wildman–Crippen MR) is 296 cm³/mol. The lowest BCUT2D eigenvalue weighted by Gasteiger charge is -2.25. The lowest BCUT2D eigenvalue weighted by Crippen LogP contribution is -2.08. The van der Waals surface area contributed by atoms with Crippen LogP contribution in [0.2, 0.25) is 0 Å². The van der Waals surface area contributed by atoms with Crippen molar-refractivity contribution < 1.29 is 0 Å². The second-order valence-electron chi connectivity index (χ2n) is 17.7. The van der Waals surface area contributed by atoms with E-state index >= 15 is 0 Å². The molecule has 0 saturated carbocycles. The summed E-state index contributed by atoms with van der Waals surface area (Å²) in [5.41, 5.74) is 9.66. The Morgan fingerprint density at radius 1 is 0.391 bits per heavy atom. The molecule has 0 amide bonds. The summed E-state index contributed by atoms with van der Waals surface area (Å²) in [6, 6.07) is 71.8. The second-order valence-corrected chi connectivity index (χ2v) is 20.8. The van der Waals surface area contributed by atoms with Gasteiger partial charge in [-0.25, -0.2) is 4.85 Å². The van der Waals surface area contributed by atoms with Gasteiger partial charge in [-0.1, -0.05) is 158 Å². The molecule has 0 atom stereocenters. The first-order chi connectivity index (χ1) is 34.2. The fourth-order valence-electron chi connectivity index (χ4n) is 11.3. The first-order valence-electron chi connectivity index (χ1n) is 22.8. The third-order valence-electron chi connectivity index (χ3n) is 14.2. The standard InChI is InChI=1S/C62H32N4S3/c1-64-56-55(36-18-6-3-7-19-36)60(65-48-24-12-8-20-37(48)45-33-53-46(32-49(45)65)40-23-11-13-25-50(40)67-53)54(35-16-4-2-5-17-35)47(34-63)57(56)66-58-41(28-30-43-38-21-9-14-26-51(38)68-61(43)58)42-29-31-44-39-22-10-15-27-52(39)69-62(44)59(42)66/h2-33H. The van der Waals surface area contributed by atoms with E-state index in [-0.39, 0.29) is 0 Å². The first kappa shape index (κ1) is 38.5. The molecule has 0 N–H and O–H groups in total. The van der Waals surface area contributed by atoms with Gasteiger partial charge in [-0.05, 0) is 47.5 Å². The molecule has 0 aliphatic heterocycles. The zero-order chi connectivity index (χ0) is 45.5. The summed E-state index contributed by atoms with van der Waals surface area (Å²) >= 11 is 5.37. The molecule has 0 unspecified atom stereocenters. The van der Waals surface area contributed by atoms with Crippen molar-refractivity contribution in [1.82, 2.24) is 9.13 Å². The molecule has 0 fully saturated rings. The van der Waals surface area contributed by atoms with Crippen molar-refractivity contribution in [3.63, 3.8) is 0 Å². The molecular weight excluding hydrogens is 897 g/mol. The number of para-hydroxylation sites is 1. The Morgan fingerprint density at radius 2 is 0.884 bits per heavy atom. The van der Waals surface area contributed by atoms with Crippen molar-refractivity contribution in [3.05, 3.63) is 211 Å². The maximum atomic E-state index is 12.3. The minimum absolute atomic E-state index is 0.426. The molecular formula is C62H32N4S3. The Labute approximate surface area is 406 Å². The smallest absolute Gasteiger partial charge is 0.221 e. The number of rotatable bonds is 4. The number of nitriles is 1. The Bertz CT molecular complexity index is 4590. The third kappa shape index (κ3) is 5.24. The minimum atomic E-state index is 0.426. The number of aromatic nitrogens is 2. The number of thiophene rings is 3. The molecule has 0 spiro atoms. The van der Waals surface area contributed by atoms with E-state index in [0.717, 1.165) is 91.7 Å². The van der Waals surface area contributed by atoms with Gasteiger partial charge in [0.25, 0.3) is 0 Å². The fraction of sp³-hybridized carbons (Fsp3) is 0. The van der Waals surface area contributed by atoms with Crippen LogP contribution >= 0.6 is 34.0 Å². The Kier molecular flexibility index (Phi) is 8.08. The topological polar surface area (TPSA) is 38.0 Å². The number of fused-ring (bicyclic) bond motifs is 17. The number of benzene rings is 10. The summed E-state index contributed by atoms with van der Waals surface area (Å²) < 4.78 is 11.8. The molecule has 0 aliphatic carbocycles. The van der Waals surface area contributed by atoms with Crippen molar-refractivity contribution >= 4 is 144 Å². The van der Waals surface area contributed by atoms with E-state index in [1.54, 1.807) is 22.7 Å². The molecule has 10 aromatic carbocycles. The van der Waals surface area contributed by atoms with Crippen LogP contribution in [0.3, 0.4) is 0 Å². The van der Waals surface area contributed by atoms with Gasteiger partial charge in [-0.3, -0.25) is 0 Å². The minimum Gasteiger partial charge on any atom is -0.315 e. The van der Waals surface area contributed by atoms with Crippen LogP contribution in [0.4, 0.5) is 5.69 Å². The van der Waals surface area contributed by atoms with E-state index in [1.165, 1.54) is 40.3 Å². The first-order valence-corrected chi connectivity index (χ1v) is 25.3. The maximum absolute atomic E-state index is 12.3. The third-order valence-corrected chi connectivity index (χ3v) is 17.7. The average molecular weight is 929 g/mol. The predicted octanol–water partition coefficient (Wildman–Crippen LogP) is 18.7. The number of hydrogen-bond acceptors (Lipinski definition) is 4. The highest BCUT2D eigenvalue weighted by molar-refractivity contribution is 7.27. The van der Waals surface area contributed by atoms with E-state index in [1.807, 2.05) is 23.5 Å². The van der Waals surface area contributed by atoms with Crippen LogP contribution in [0, 0.1) is 17.9 Å². The van der Waals surface area contributed by atoms with Crippen LogP contribution in [0.1, 0.15) is 5.56 Å². The van der Waals surface area contributed by atoms with Crippen molar-refractivity contribution in [3.8, 4) is 39.7 Å². The number of hydrogen-bond donors (Lipinski definition) is 0. The van der Waals surface area contributed by atoms with Crippen molar-refractivity contribution in [1.29, 1.82) is 5.26 Å². The van der Waals surface area contributed by atoms with Gasteiger partial charge in [0.1, 0.15) is 6.07 Å². The number of nitrogens with zero attached hydrogens (tertiary/aromatic N) is 4. The lowest BCUT2D eigenvalue weighted by atomic mass is 9.88. The van der Waals surface area contributed by atoms with Gasteiger partial charge in [0.05, 0.1) is 55.0 Å². The van der Waals surface area contributed by atoms with Crippen LogP contribution in [-0.4, -0.2) is 9.13 Å². The van der Waals surface area contributed by atoms with E-state index in [2.05, 4.69) is 197 Å². The van der Waals surface area contributed by atoms with Crippen LogP contribution in [-0.2, 0) is 0 Å². The van der Waals surface area contributed by atoms with E-state index in [0.29, 0.717) is 16.9 Å². The van der Waals surface area contributed by atoms with Gasteiger partial charge in [-0.2, -0.15) is 5.26 Å². The van der Waals surface area contributed by atoms with Gasteiger partial charge in [-0.15, -0.1) is 34.0 Å². The van der Waals surface area contributed by atoms with Crippen LogP contribution in [0.5, 0.6) is 0 Å². The summed E-state index contributed by atoms with van der Waals surface area (Å²) in [6.07, 6.45) is 0. The normalized spacial score (nSPS) is 12.0. The molecule has 0 saturated heterocycles. The summed E-state index contributed by atoms with van der Waals surface area (Å²) in [4.78, 5) is 4.69. The van der Waals surface area contributed by atoms with Gasteiger partial charge in [0, 0.05) is 83.8 Å². The highest BCUT2D eigenvalue weighted by Gasteiger charge is 2.33. The molecule has 0 radical (unpaired) electrons. The maximum Gasteiger partial charge on any atom is 0.221 e. The molecule has 15 aromatic rings. The Balaban J connectivity index is 1.22. The Hall–Kier alpha value is -8.56. The average Bonchev–Trinajstić information content (AvgIpc) is 4.22. The van der Waals surface area contributed by atoms with E-state index < -0.39 is 0 Å². The summed E-state index contributed by atoms with van der Waals surface area (Å²) in [5.74, 6) is 0. The highest BCUT2D eigenvalue weighted by atomic mass is 32.1.